The Morgan fingerprint density at radius 2 is 1.73 bits per heavy atom. The fraction of sp³-hybridized carbons (Fsp3) is 0.308. The van der Waals surface area contributed by atoms with Crippen molar-refractivity contribution >= 4 is 22.5 Å². The van der Waals surface area contributed by atoms with E-state index < -0.39 is 0 Å². The van der Waals surface area contributed by atoms with Crippen molar-refractivity contribution in [2.75, 3.05) is 0 Å². The number of benzene rings is 1. The van der Waals surface area contributed by atoms with Crippen LogP contribution in [0.5, 0.6) is 0 Å². The van der Waals surface area contributed by atoms with Crippen LogP contribution in [-0.4, -0.2) is 4.98 Å². The number of aryl methyl sites for hydroxylation is 2. The Bertz CT molecular complexity index is 463. The van der Waals surface area contributed by atoms with Gasteiger partial charge in [-0.05, 0) is 37.1 Å². The number of hydrogen-bond acceptors (Lipinski definition) is 1. The van der Waals surface area contributed by atoms with Gasteiger partial charge in [0.05, 0.1) is 5.52 Å². The molecule has 15 heavy (non-hydrogen) atoms. The molecule has 2 heteroatoms. The summed E-state index contributed by atoms with van der Waals surface area (Å²) in [4.78, 5) is 4.30. The summed E-state index contributed by atoms with van der Waals surface area (Å²) in [5.41, 5.74) is 3.20. The highest BCUT2D eigenvalue weighted by molar-refractivity contribution is 6.30. The highest BCUT2D eigenvalue weighted by atomic mass is 35.5. The van der Waals surface area contributed by atoms with Gasteiger partial charge in [0.25, 0.3) is 0 Å². The average molecular weight is 222 g/mol. The third-order valence-electron chi connectivity index (χ3n) is 2.10. The van der Waals surface area contributed by atoms with Gasteiger partial charge in [0.1, 0.15) is 5.15 Å². The lowest BCUT2D eigenvalue weighted by Gasteiger charge is -2.01. The van der Waals surface area contributed by atoms with Gasteiger partial charge in [0.15, 0.2) is 0 Å². The van der Waals surface area contributed by atoms with Gasteiger partial charge in [-0.3, -0.25) is 0 Å². The first-order valence-corrected chi connectivity index (χ1v) is 5.58. The summed E-state index contributed by atoms with van der Waals surface area (Å²) in [5, 5.41) is 1.74. The summed E-state index contributed by atoms with van der Waals surface area (Å²) in [5.74, 6) is 0. The normalized spacial score (nSPS) is 9.67. The van der Waals surface area contributed by atoms with E-state index in [2.05, 4.69) is 30.1 Å². The summed E-state index contributed by atoms with van der Waals surface area (Å²) in [6.45, 7) is 8.02. The Hall–Kier alpha value is -1.08. The molecular formula is C13H16ClN. The van der Waals surface area contributed by atoms with Gasteiger partial charge in [-0.25, -0.2) is 4.98 Å². The van der Waals surface area contributed by atoms with Crippen molar-refractivity contribution in [1.82, 2.24) is 4.98 Å². The molecule has 0 spiro atoms. The number of halogens is 1. The van der Waals surface area contributed by atoms with Crippen LogP contribution in [0.3, 0.4) is 0 Å². The number of hydrogen-bond donors (Lipinski definition) is 0. The molecule has 1 nitrogen and oxygen atoms in total. The van der Waals surface area contributed by atoms with Crippen molar-refractivity contribution in [3.05, 3.63) is 40.5 Å². The van der Waals surface area contributed by atoms with Gasteiger partial charge in [0.2, 0.25) is 0 Å². The lowest BCUT2D eigenvalue weighted by Crippen LogP contribution is -1.84. The van der Waals surface area contributed by atoms with Crippen LogP contribution in [0, 0.1) is 13.8 Å². The quantitative estimate of drug-likeness (QED) is 0.596. The molecule has 0 amide bonds. The minimum atomic E-state index is 0.595. The van der Waals surface area contributed by atoms with E-state index in [9.17, 15) is 0 Å². The molecule has 1 aromatic heterocycles. The zero-order valence-corrected chi connectivity index (χ0v) is 10.4. The maximum atomic E-state index is 5.93. The predicted octanol–water partition coefficient (Wildman–Crippen LogP) is 4.53. The largest absolute Gasteiger partial charge is 0.236 e. The molecule has 0 aliphatic heterocycles. The van der Waals surface area contributed by atoms with Crippen LogP contribution in [0.2, 0.25) is 5.15 Å². The molecule has 1 aromatic carbocycles. The Morgan fingerprint density at radius 3 is 2.40 bits per heavy atom. The molecule has 80 valence electrons. The van der Waals surface area contributed by atoms with Crippen LogP contribution in [0.15, 0.2) is 24.3 Å². The second kappa shape index (κ2) is 5.13. The fourth-order valence-corrected chi connectivity index (χ4v) is 1.50. The molecule has 0 saturated carbocycles. The van der Waals surface area contributed by atoms with Crippen molar-refractivity contribution in [1.29, 1.82) is 0 Å². The first-order chi connectivity index (χ1) is 7.16. The summed E-state index contributed by atoms with van der Waals surface area (Å²) in [7, 11) is 0. The standard InChI is InChI=1S/C11H10ClN.C2H6/c1-7-3-4-9-6-8(2)11(12)13-10(9)5-7;1-2/h3-6H,1-2H3;1-2H3. The molecule has 0 N–H and O–H groups in total. The maximum Gasteiger partial charge on any atom is 0.132 e. The van der Waals surface area contributed by atoms with Crippen LogP contribution in [0.1, 0.15) is 25.0 Å². The minimum absolute atomic E-state index is 0.595. The van der Waals surface area contributed by atoms with Crippen molar-refractivity contribution < 1.29 is 0 Å². The van der Waals surface area contributed by atoms with Crippen molar-refractivity contribution in [3.63, 3.8) is 0 Å². The van der Waals surface area contributed by atoms with E-state index in [1.54, 1.807) is 0 Å². The van der Waals surface area contributed by atoms with Crippen LogP contribution < -0.4 is 0 Å². The molecule has 0 atom stereocenters. The van der Waals surface area contributed by atoms with E-state index in [0.717, 1.165) is 16.5 Å². The minimum Gasteiger partial charge on any atom is -0.236 e. The number of rotatable bonds is 0. The molecule has 1 heterocycles. The second-order valence-corrected chi connectivity index (χ2v) is 3.65. The Kier molecular flexibility index (Phi) is 4.10. The van der Waals surface area contributed by atoms with Gasteiger partial charge in [-0.15, -0.1) is 0 Å². The first kappa shape index (κ1) is 12.0. The third kappa shape index (κ3) is 2.69. The van der Waals surface area contributed by atoms with Crippen LogP contribution in [-0.2, 0) is 0 Å². The average Bonchev–Trinajstić information content (AvgIpc) is 2.23. The van der Waals surface area contributed by atoms with E-state index in [-0.39, 0.29) is 0 Å². The molecule has 0 radical (unpaired) electrons. The van der Waals surface area contributed by atoms with Gasteiger partial charge < -0.3 is 0 Å². The van der Waals surface area contributed by atoms with Gasteiger partial charge in [0, 0.05) is 5.39 Å². The monoisotopic (exact) mass is 221 g/mol. The van der Waals surface area contributed by atoms with Gasteiger partial charge in [-0.2, -0.15) is 0 Å². The molecule has 2 rings (SSSR count). The maximum absolute atomic E-state index is 5.93. The summed E-state index contributed by atoms with van der Waals surface area (Å²) in [6, 6.07) is 8.25. The number of fused-ring (bicyclic) bond motifs is 1. The fourth-order valence-electron chi connectivity index (χ4n) is 1.36. The lowest BCUT2D eigenvalue weighted by atomic mass is 10.1. The predicted molar refractivity (Wildman–Crippen MR) is 67.6 cm³/mol. The molecule has 0 unspecified atom stereocenters. The number of nitrogens with zero attached hydrogens (tertiary/aromatic N) is 1. The van der Waals surface area contributed by atoms with E-state index >= 15 is 0 Å². The molecule has 0 aliphatic rings. The SMILES string of the molecule is CC.Cc1ccc2cc(C)c(Cl)nc2c1. The highest BCUT2D eigenvalue weighted by Gasteiger charge is 2.00. The zero-order valence-electron chi connectivity index (χ0n) is 9.63. The Morgan fingerprint density at radius 1 is 1.07 bits per heavy atom. The molecule has 2 aromatic rings. The Balaban J connectivity index is 0.000000531. The summed E-state index contributed by atoms with van der Waals surface area (Å²) >= 11 is 5.93. The molecule has 0 saturated heterocycles. The van der Waals surface area contributed by atoms with E-state index in [1.807, 2.05) is 26.8 Å². The van der Waals surface area contributed by atoms with Gasteiger partial charge in [-0.1, -0.05) is 37.6 Å². The number of aromatic nitrogens is 1. The van der Waals surface area contributed by atoms with E-state index in [0.29, 0.717) is 5.15 Å². The van der Waals surface area contributed by atoms with E-state index in [1.165, 1.54) is 5.56 Å². The lowest BCUT2D eigenvalue weighted by molar-refractivity contribution is 1.32. The second-order valence-electron chi connectivity index (χ2n) is 3.29. The first-order valence-electron chi connectivity index (χ1n) is 5.20. The number of pyridine rings is 1. The van der Waals surface area contributed by atoms with Crippen molar-refractivity contribution in [2.45, 2.75) is 27.7 Å². The van der Waals surface area contributed by atoms with Crippen molar-refractivity contribution in [3.8, 4) is 0 Å². The molecular weight excluding hydrogens is 206 g/mol. The van der Waals surface area contributed by atoms with Gasteiger partial charge >= 0.3 is 0 Å². The topological polar surface area (TPSA) is 12.9 Å². The summed E-state index contributed by atoms with van der Waals surface area (Å²) < 4.78 is 0. The highest BCUT2D eigenvalue weighted by Crippen LogP contribution is 2.20. The van der Waals surface area contributed by atoms with Crippen molar-refractivity contribution in [2.24, 2.45) is 0 Å². The van der Waals surface area contributed by atoms with Crippen LogP contribution in [0.4, 0.5) is 0 Å². The molecule has 0 aliphatic carbocycles. The van der Waals surface area contributed by atoms with Crippen LogP contribution in [0.25, 0.3) is 10.9 Å². The molecule has 0 bridgehead atoms. The smallest absolute Gasteiger partial charge is 0.132 e. The Labute approximate surface area is 96.1 Å². The van der Waals surface area contributed by atoms with E-state index in [4.69, 9.17) is 11.6 Å². The summed E-state index contributed by atoms with van der Waals surface area (Å²) in [6.07, 6.45) is 0. The van der Waals surface area contributed by atoms with Crippen LogP contribution >= 0.6 is 11.6 Å². The third-order valence-corrected chi connectivity index (χ3v) is 2.48. The zero-order chi connectivity index (χ0) is 11.4. The molecule has 0 fully saturated rings.